The smallest absolute Gasteiger partial charge is 0.480 e. The predicted octanol–water partition coefficient (Wildman–Crippen LogP) is -8.07. The van der Waals surface area contributed by atoms with Crippen LogP contribution in [0.5, 0.6) is 0 Å². The summed E-state index contributed by atoms with van der Waals surface area (Å²) in [6.07, 6.45) is 0. The normalized spacial score (nSPS) is 9.30. The van der Waals surface area contributed by atoms with E-state index in [1.54, 1.807) is 0 Å². The van der Waals surface area contributed by atoms with Gasteiger partial charge in [0.2, 0.25) is 0 Å². The van der Waals surface area contributed by atoms with Gasteiger partial charge in [-0.1, -0.05) is 0 Å². The molecule has 0 aromatic rings. The van der Waals surface area contributed by atoms with Crippen molar-refractivity contribution >= 4 is 23.9 Å². The van der Waals surface area contributed by atoms with Crippen LogP contribution in [0.2, 0.25) is 0 Å². The van der Waals surface area contributed by atoms with Crippen LogP contribution in [-0.2, 0) is 36.2 Å². The molecule has 0 saturated heterocycles. The summed E-state index contributed by atoms with van der Waals surface area (Å²) in [4.78, 5) is 44.4. The van der Waals surface area contributed by atoms with E-state index >= 15 is 0 Å². The molecule has 0 amide bonds. The van der Waals surface area contributed by atoms with E-state index in [1.165, 1.54) is 0 Å². The van der Waals surface area contributed by atoms with Crippen LogP contribution >= 0.6 is 0 Å². The van der Waals surface area contributed by atoms with Crippen molar-refractivity contribution in [2.75, 3.05) is 39.3 Å². The Morgan fingerprint density at radius 3 is 0.870 bits per heavy atom. The zero-order chi connectivity index (χ0) is 15.7. The maximum atomic E-state index is 10.6. The zero-order valence-corrected chi connectivity index (χ0v) is 20.0. The predicted molar refractivity (Wildman–Crippen MR) is 63.4 cm³/mol. The molecule has 0 heterocycles. The summed E-state index contributed by atoms with van der Waals surface area (Å²) >= 11 is 0. The van der Waals surface area contributed by atoms with Crippen LogP contribution in [-0.4, -0.2) is 93.4 Å². The Balaban J connectivity index is -0.000000602. The van der Waals surface area contributed by atoms with Gasteiger partial charge in [0.05, 0.1) is 26.2 Å². The first-order valence-electron chi connectivity index (χ1n) is 5.52. The second kappa shape index (κ2) is 18.4. The molecule has 0 atom stereocenters. The number of carboxylic acid groups (broad SMARTS) is 4. The van der Waals surface area contributed by atoms with E-state index in [9.17, 15) is 19.2 Å². The Labute approximate surface area is 228 Å². The second-order valence-corrected chi connectivity index (χ2v) is 4.00. The molecule has 1 radical (unpaired) electrons. The summed E-state index contributed by atoms with van der Waals surface area (Å²) in [6, 6.07) is 0. The maximum Gasteiger partial charge on any atom is 1.00 e. The molecule has 0 rings (SSSR count). The standard InChI is InChI=1S/C10H16N2O8.Cu.2K/c13-7(14)3-11(4-8(15)16)1-2-12(5-9(17)18)6-10(19)20;;;/h1-6H2,(H,13,14)(H,15,16)(H,17,18)(H,19,20);;;/q;;2*+1. The van der Waals surface area contributed by atoms with Crippen molar-refractivity contribution < 1.29 is 159 Å². The van der Waals surface area contributed by atoms with E-state index in [1.807, 2.05) is 0 Å². The van der Waals surface area contributed by atoms with Gasteiger partial charge in [-0.2, -0.15) is 0 Å². The average molecular weight is 434 g/mol. The number of hydrogen-bond donors (Lipinski definition) is 4. The second-order valence-electron chi connectivity index (χ2n) is 4.00. The van der Waals surface area contributed by atoms with Crippen LogP contribution in [0, 0.1) is 0 Å². The third kappa shape index (κ3) is 21.5. The number of aliphatic carboxylic acids is 4. The number of rotatable bonds is 11. The van der Waals surface area contributed by atoms with Crippen molar-refractivity contribution in [2.45, 2.75) is 0 Å². The Kier molecular flexibility index (Phi) is 25.8. The number of nitrogens with zero attached hydrogens (tertiary/aromatic N) is 2. The summed E-state index contributed by atoms with van der Waals surface area (Å²) in [5.41, 5.74) is 0. The molecule has 10 nitrogen and oxygen atoms in total. The van der Waals surface area contributed by atoms with Gasteiger partial charge in [-0.25, -0.2) is 0 Å². The maximum absolute atomic E-state index is 10.6. The van der Waals surface area contributed by atoms with Crippen LogP contribution in [0.25, 0.3) is 0 Å². The molecule has 125 valence electrons. The van der Waals surface area contributed by atoms with Gasteiger partial charge in [-0.15, -0.1) is 0 Å². The summed E-state index contributed by atoms with van der Waals surface area (Å²) in [7, 11) is 0. The third-order valence-electron chi connectivity index (χ3n) is 2.17. The molecule has 0 aliphatic heterocycles. The number of carbonyl (C=O) groups is 4. The molecule has 0 aromatic heterocycles. The van der Waals surface area contributed by atoms with Gasteiger partial charge in [0.25, 0.3) is 0 Å². The van der Waals surface area contributed by atoms with Crippen molar-refractivity contribution in [2.24, 2.45) is 0 Å². The van der Waals surface area contributed by atoms with Gasteiger partial charge < -0.3 is 20.4 Å². The van der Waals surface area contributed by atoms with Crippen molar-refractivity contribution in [1.29, 1.82) is 0 Å². The fourth-order valence-electron chi connectivity index (χ4n) is 1.48. The van der Waals surface area contributed by atoms with Gasteiger partial charge in [-0.3, -0.25) is 29.0 Å². The topological polar surface area (TPSA) is 156 Å². The van der Waals surface area contributed by atoms with Crippen molar-refractivity contribution in [1.82, 2.24) is 9.80 Å². The molecule has 13 heteroatoms. The van der Waals surface area contributed by atoms with Crippen molar-refractivity contribution in [3.63, 3.8) is 0 Å². The SMILES string of the molecule is O=C(O)CN(CCN(CC(=O)O)CC(=O)O)CC(=O)O.[Cu].[K+].[K+]. The van der Waals surface area contributed by atoms with Crippen LogP contribution in [0.3, 0.4) is 0 Å². The van der Waals surface area contributed by atoms with Gasteiger partial charge in [0.15, 0.2) is 0 Å². The largest absolute Gasteiger partial charge is 1.00 e. The van der Waals surface area contributed by atoms with Crippen LogP contribution in [0.15, 0.2) is 0 Å². The fraction of sp³-hybridized carbons (Fsp3) is 0.600. The van der Waals surface area contributed by atoms with Gasteiger partial charge in [-0.05, 0) is 0 Å². The van der Waals surface area contributed by atoms with Crippen molar-refractivity contribution in [3.05, 3.63) is 0 Å². The monoisotopic (exact) mass is 433 g/mol. The van der Waals surface area contributed by atoms with E-state index < -0.39 is 50.1 Å². The molecule has 0 unspecified atom stereocenters. The molecule has 0 aliphatic rings. The molecule has 0 spiro atoms. The van der Waals surface area contributed by atoms with Gasteiger partial charge in [0.1, 0.15) is 0 Å². The van der Waals surface area contributed by atoms with Gasteiger partial charge in [0, 0.05) is 30.2 Å². The first kappa shape index (κ1) is 32.3. The summed E-state index contributed by atoms with van der Waals surface area (Å²) in [6.45, 7) is -2.25. The quantitative estimate of drug-likeness (QED) is 0.231. The molecule has 0 fully saturated rings. The third-order valence-corrected chi connectivity index (χ3v) is 2.17. The van der Waals surface area contributed by atoms with E-state index in [-0.39, 0.29) is 133 Å². The molecular weight excluding hydrogens is 418 g/mol. The Morgan fingerprint density at radius 1 is 0.565 bits per heavy atom. The van der Waals surface area contributed by atoms with Gasteiger partial charge >= 0.3 is 127 Å². The molecule has 0 aromatic carbocycles. The van der Waals surface area contributed by atoms with Crippen LogP contribution < -0.4 is 103 Å². The zero-order valence-electron chi connectivity index (χ0n) is 12.9. The first-order chi connectivity index (χ1) is 9.20. The summed E-state index contributed by atoms with van der Waals surface area (Å²) in [5.74, 6) is -4.91. The van der Waals surface area contributed by atoms with Crippen LogP contribution in [0.4, 0.5) is 0 Å². The molecule has 0 saturated carbocycles. The van der Waals surface area contributed by atoms with E-state index in [0.717, 1.165) is 9.80 Å². The molecular formula is C10H16CuK2N2O8+2. The number of carboxylic acids is 4. The minimum Gasteiger partial charge on any atom is -0.480 e. The minimum absolute atomic E-state index is 0. The number of hydrogen-bond acceptors (Lipinski definition) is 6. The summed E-state index contributed by atoms with van der Waals surface area (Å²) < 4.78 is 0. The molecule has 0 aliphatic carbocycles. The molecule has 23 heavy (non-hydrogen) atoms. The molecule has 0 bridgehead atoms. The summed E-state index contributed by atoms with van der Waals surface area (Å²) in [5, 5.41) is 34.5. The van der Waals surface area contributed by atoms with E-state index in [0.29, 0.717) is 0 Å². The average Bonchev–Trinajstić information content (AvgIpc) is 2.22. The first-order valence-corrected chi connectivity index (χ1v) is 5.52. The van der Waals surface area contributed by atoms with E-state index in [2.05, 4.69) is 0 Å². The van der Waals surface area contributed by atoms with Crippen LogP contribution in [0.1, 0.15) is 0 Å². The van der Waals surface area contributed by atoms with E-state index in [4.69, 9.17) is 20.4 Å². The molecule has 4 N–H and O–H groups in total. The Hall–Kier alpha value is 1.59. The fourth-order valence-corrected chi connectivity index (χ4v) is 1.48. The minimum atomic E-state index is -1.23. The Bertz CT molecular complexity index is 331. The van der Waals surface area contributed by atoms with Crippen molar-refractivity contribution in [3.8, 4) is 0 Å². The Morgan fingerprint density at radius 2 is 0.739 bits per heavy atom.